The zero-order chi connectivity index (χ0) is 14.9. The van der Waals surface area contributed by atoms with Crippen molar-refractivity contribution in [2.75, 3.05) is 5.32 Å². The highest BCUT2D eigenvalue weighted by atomic mass is 15.3. The number of benzene rings is 1. The molecule has 0 radical (unpaired) electrons. The third kappa shape index (κ3) is 5.25. The topological polar surface area (TPSA) is 29.9 Å². The molecule has 0 aliphatic carbocycles. The molecule has 0 aliphatic rings. The predicted molar refractivity (Wildman–Crippen MR) is 89.6 cm³/mol. The third-order valence-electron chi connectivity index (χ3n) is 3.80. The molecule has 1 atom stereocenters. The van der Waals surface area contributed by atoms with Gasteiger partial charge < -0.3 is 5.32 Å². The molecule has 1 N–H and O–H groups in total. The Kier molecular flexibility index (Phi) is 6.32. The van der Waals surface area contributed by atoms with Gasteiger partial charge in [0.2, 0.25) is 0 Å². The number of nitrogens with zero attached hydrogens (tertiary/aromatic N) is 2. The Labute approximate surface area is 128 Å². The maximum Gasteiger partial charge on any atom is 0.0679 e. The molecule has 0 amide bonds. The van der Waals surface area contributed by atoms with Crippen molar-refractivity contribution in [1.82, 2.24) is 9.78 Å². The minimum atomic E-state index is 0.514. The van der Waals surface area contributed by atoms with E-state index in [-0.39, 0.29) is 0 Å². The van der Waals surface area contributed by atoms with Crippen molar-refractivity contribution in [3.8, 4) is 0 Å². The number of para-hydroxylation sites is 1. The average Bonchev–Trinajstić information content (AvgIpc) is 2.99. The van der Waals surface area contributed by atoms with Gasteiger partial charge in [-0.3, -0.25) is 4.68 Å². The third-order valence-corrected chi connectivity index (χ3v) is 3.80. The minimum absolute atomic E-state index is 0.514. The van der Waals surface area contributed by atoms with Gasteiger partial charge in [0, 0.05) is 24.1 Å². The van der Waals surface area contributed by atoms with E-state index in [1.807, 2.05) is 23.1 Å². The van der Waals surface area contributed by atoms with Crippen LogP contribution < -0.4 is 5.32 Å². The van der Waals surface area contributed by atoms with Crippen LogP contribution in [-0.2, 0) is 6.54 Å². The van der Waals surface area contributed by atoms with Gasteiger partial charge in [0.05, 0.1) is 6.54 Å². The van der Waals surface area contributed by atoms with Crippen LogP contribution in [0.3, 0.4) is 0 Å². The number of rotatable bonds is 9. The highest BCUT2D eigenvalue weighted by Gasteiger charge is 2.06. The predicted octanol–water partition coefficient (Wildman–Crippen LogP) is 4.70. The van der Waals surface area contributed by atoms with Crippen LogP contribution in [0.1, 0.15) is 51.5 Å². The standard InChI is InChI=1S/C18H27N3/c1-3-4-5-6-10-16(2)20-18-12-8-7-11-17(18)15-21-14-9-13-19-21/h7-9,11-14,16,20H,3-6,10,15H2,1-2H3. The van der Waals surface area contributed by atoms with E-state index >= 15 is 0 Å². The van der Waals surface area contributed by atoms with Crippen LogP contribution in [0.4, 0.5) is 5.69 Å². The Hall–Kier alpha value is -1.77. The fraction of sp³-hybridized carbons (Fsp3) is 0.500. The van der Waals surface area contributed by atoms with Gasteiger partial charge in [-0.1, -0.05) is 50.8 Å². The van der Waals surface area contributed by atoms with Crippen LogP contribution in [0.2, 0.25) is 0 Å². The Balaban J connectivity index is 1.90. The van der Waals surface area contributed by atoms with E-state index in [0.717, 1.165) is 6.54 Å². The lowest BCUT2D eigenvalue weighted by atomic mass is 10.1. The van der Waals surface area contributed by atoms with Gasteiger partial charge in [0.25, 0.3) is 0 Å². The molecule has 0 saturated carbocycles. The van der Waals surface area contributed by atoms with Gasteiger partial charge >= 0.3 is 0 Å². The Morgan fingerprint density at radius 2 is 2.00 bits per heavy atom. The number of hydrogen-bond acceptors (Lipinski definition) is 2. The molecule has 3 heteroatoms. The summed E-state index contributed by atoms with van der Waals surface area (Å²) in [6, 6.07) is 11.0. The summed E-state index contributed by atoms with van der Waals surface area (Å²) < 4.78 is 1.96. The molecule has 0 bridgehead atoms. The SMILES string of the molecule is CCCCCCC(C)Nc1ccccc1Cn1cccn1. The Morgan fingerprint density at radius 3 is 2.76 bits per heavy atom. The van der Waals surface area contributed by atoms with Crippen molar-refractivity contribution in [3.63, 3.8) is 0 Å². The molecule has 3 nitrogen and oxygen atoms in total. The number of aromatic nitrogens is 2. The second-order valence-corrected chi connectivity index (χ2v) is 5.76. The van der Waals surface area contributed by atoms with Crippen molar-refractivity contribution >= 4 is 5.69 Å². The van der Waals surface area contributed by atoms with Crippen LogP contribution in [0, 0.1) is 0 Å². The molecule has 1 heterocycles. The first kappa shape index (κ1) is 15.6. The van der Waals surface area contributed by atoms with Crippen LogP contribution >= 0.6 is 0 Å². The second kappa shape index (κ2) is 8.50. The van der Waals surface area contributed by atoms with E-state index in [9.17, 15) is 0 Å². The monoisotopic (exact) mass is 285 g/mol. The van der Waals surface area contributed by atoms with Crippen molar-refractivity contribution in [2.24, 2.45) is 0 Å². The van der Waals surface area contributed by atoms with E-state index in [4.69, 9.17) is 0 Å². The van der Waals surface area contributed by atoms with Gasteiger partial charge in [-0.25, -0.2) is 0 Å². The summed E-state index contributed by atoms with van der Waals surface area (Å²) in [5, 5.41) is 7.95. The second-order valence-electron chi connectivity index (χ2n) is 5.76. The zero-order valence-electron chi connectivity index (χ0n) is 13.3. The van der Waals surface area contributed by atoms with E-state index in [0.29, 0.717) is 6.04 Å². The summed E-state index contributed by atoms with van der Waals surface area (Å²) in [5.74, 6) is 0. The maximum absolute atomic E-state index is 4.29. The van der Waals surface area contributed by atoms with Gasteiger partial charge in [-0.15, -0.1) is 0 Å². The fourth-order valence-corrected chi connectivity index (χ4v) is 2.58. The average molecular weight is 285 g/mol. The summed E-state index contributed by atoms with van der Waals surface area (Å²) in [7, 11) is 0. The molecular weight excluding hydrogens is 258 g/mol. The lowest BCUT2D eigenvalue weighted by Gasteiger charge is -2.18. The molecule has 2 aromatic rings. The molecule has 0 fully saturated rings. The largest absolute Gasteiger partial charge is 0.382 e. The van der Waals surface area contributed by atoms with Crippen LogP contribution in [0.5, 0.6) is 0 Å². The zero-order valence-corrected chi connectivity index (χ0v) is 13.3. The fourth-order valence-electron chi connectivity index (χ4n) is 2.58. The molecule has 1 aromatic heterocycles. The lowest BCUT2D eigenvalue weighted by molar-refractivity contribution is 0.593. The first-order valence-corrected chi connectivity index (χ1v) is 8.11. The van der Waals surface area contributed by atoms with Gasteiger partial charge in [-0.2, -0.15) is 5.10 Å². The molecule has 114 valence electrons. The number of nitrogens with one attached hydrogen (secondary N) is 1. The van der Waals surface area contributed by atoms with Gasteiger partial charge in [0.1, 0.15) is 0 Å². The molecule has 1 aromatic carbocycles. The molecular formula is C18H27N3. The van der Waals surface area contributed by atoms with E-state index in [2.05, 4.69) is 48.5 Å². The molecule has 21 heavy (non-hydrogen) atoms. The molecule has 0 aliphatic heterocycles. The van der Waals surface area contributed by atoms with Crippen LogP contribution in [0.15, 0.2) is 42.7 Å². The minimum Gasteiger partial charge on any atom is -0.382 e. The van der Waals surface area contributed by atoms with Crippen LogP contribution in [-0.4, -0.2) is 15.8 Å². The van der Waals surface area contributed by atoms with E-state index < -0.39 is 0 Å². The van der Waals surface area contributed by atoms with E-state index in [1.54, 1.807) is 0 Å². The number of unbranched alkanes of at least 4 members (excludes halogenated alkanes) is 3. The van der Waals surface area contributed by atoms with Gasteiger partial charge in [-0.05, 0) is 31.0 Å². The maximum atomic E-state index is 4.29. The smallest absolute Gasteiger partial charge is 0.0679 e. The molecule has 2 rings (SSSR count). The summed E-state index contributed by atoms with van der Waals surface area (Å²) in [6.07, 6.45) is 10.4. The van der Waals surface area contributed by atoms with Gasteiger partial charge in [0.15, 0.2) is 0 Å². The quantitative estimate of drug-likeness (QED) is 0.677. The Morgan fingerprint density at radius 1 is 1.14 bits per heavy atom. The van der Waals surface area contributed by atoms with Crippen molar-refractivity contribution in [2.45, 2.75) is 58.5 Å². The molecule has 0 saturated heterocycles. The summed E-state index contributed by atoms with van der Waals surface area (Å²) in [5.41, 5.74) is 2.53. The highest BCUT2D eigenvalue weighted by Crippen LogP contribution is 2.18. The molecule has 0 spiro atoms. The summed E-state index contributed by atoms with van der Waals surface area (Å²) in [4.78, 5) is 0. The number of hydrogen-bond donors (Lipinski definition) is 1. The molecule has 1 unspecified atom stereocenters. The van der Waals surface area contributed by atoms with Crippen molar-refractivity contribution in [1.29, 1.82) is 0 Å². The normalized spacial score (nSPS) is 12.3. The highest BCUT2D eigenvalue weighted by molar-refractivity contribution is 5.51. The summed E-state index contributed by atoms with van der Waals surface area (Å²) >= 11 is 0. The van der Waals surface area contributed by atoms with Crippen molar-refractivity contribution < 1.29 is 0 Å². The first-order chi connectivity index (χ1) is 10.3. The number of anilines is 1. The Bertz CT molecular complexity index is 505. The van der Waals surface area contributed by atoms with E-state index in [1.165, 1.54) is 43.4 Å². The lowest BCUT2D eigenvalue weighted by Crippen LogP contribution is -2.16. The summed E-state index contributed by atoms with van der Waals surface area (Å²) in [6.45, 7) is 5.35. The van der Waals surface area contributed by atoms with Crippen LogP contribution in [0.25, 0.3) is 0 Å². The first-order valence-electron chi connectivity index (χ1n) is 8.11. The van der Waals surface area contributed by atoms with Crippen molar-refractivity contribution in [3.05, 3.63) is 48.3 Å².